The lowest BCUT2D eigenvalue weighted by Gasteiger charge is -2.06. The predicted molar refractivity (Wildman–Crippen MR) is 60.0 cm³/mol. The fourth-order valence-corrected chi connectivity index (χ4v) is 1.70. The van der Waals surface area contributed by atoms with Gasteiger partial charge < -0.3 is 4.74 Å². The summed E-state index contributed by atoms with van der Waals surface area (Å²) < 4.78 is 18.4. The van der Waals surface area contributed by atoms with E-state index in [0.717, 1.165) is 0 Å². The van der Waals surface area contributed by atoms with Crippen molar-refractivity contribution < 1.29 is 13.9 Å². The number of benzene rings is 1. The zero-order chi connectivity index (χ0) is 11.3. The minimum absolute atomic E-state index is 0.0228. The third-order valence-corrected chi connectivity index (χ3v) is 2.57. The van der Waals surface area contributed by atoms with Crippen LogP contribution in [0.1, 0.15) is 5.56 Å². The van der Waals surface area contributed by atoms with Crippen molar-refractivity contribution in [3.63, 3.8) is 0 Å². The molecule has 0 heterocycles. The van der Waals surface area contributed by atoms with Crippen LogP contribution in [-0.4, -0.2) is 24.9 Å². The topological polar surface area (TPSA) is 26.3 Å². The summed E-state index contributed by atoms with van der Waals surface area (Å²) in [6.07, 6.45) is 1.98. The summed E-state index contributed by atoms with van der Waals surface area (Å²) in [7, 11) is 1.41. The molecule has 0 aromatic heterocycles. The quantitative estimate of drug-likeness (QED) is 0.773. The van der Waals surface area contributed by atoms with Crippen LogP contribution in [0.4, 0.5) is 4.39 Å². The molecule has 0 spiro atoms. The standard InChI is InChI=1S/C11H13FO2S/c1-14-10-5-3-4-8(11(10)12)6-9(13)7-15-2/h3-5H,6-7H2,1-2H3. The highest BCUT2D eigenvalue weighted by Crippen LogP contribution is 2.20. The Morgan fingerprint density at radius 2 is 2.27 bits per heavy atom. The Kier molecular flexibility index (Phi) is 4.62. The van der Waals surface area contributed by atoms with Crippen molar-refractivity contribution in [3.05, 3.63) is 29.6 Å². The van der Waals surface area contributed by atoms with E-state index in [1.54, 1.807) is 12.1 Å². The number of hydrogen-bond acceptors (Lipinski definition) is 3. The summed E-state index contributed by atoms with van der Waals surface area (Å²) in [6, 6.07) is 4.83. The van der Waals surface area contributed by atoms with Crippen LogP contribution in [-0.2, 0) is 11.2 Å². The van der Waals surface area contributed by atoms with E-state index in [2.05, 4.69) is 0 Å². The summed E-state index contributed by atoms with van der Waals surface area (Å²) in [4.78, 5) is 11.3. The van der Waals surface area contributed by atoms with Crippen LogP contribution < -0.4 is 4.74 Å². The normalized spacial score (nSPS) is 10.1. The summed E-state index contributed by atoms with van der Waals surface area (Å²) in [5.74, 6) is 0.185. The Bertz CT molecular complexity index is 352. The number of rotatable bonds is 5. The maximum absolute atomic E-state index is 13.6. The number of hydrogen-bond donors (Lipinski definition) is 0. The van der Waals surface area contributed by atoms with E-state index in [4.69, 9.17) is 4.74 Å². The first-order chi connectivity index (χ1) is 7.19. The Morgan fingerprint density at radius 1 is 1.53 bits per heavy atom. The fourth-order valence-electron chi connectivity index (χ4n) is 1.27. The highest BCUT2D eigenvalue weighted by molar-refractivity contribution is 7.99. The van der Waals surface area contributed by atoms with Crippen molar-refractivity contribution in [3.8, 4) is 5.75 Å². The minimum Gasteiger partial charge on any atom is -0.494 e. The SMILES string of the molecule is COc1cccc(CC(=O)CSC)c1F. The predicted octanol–water partition coefficient (Wildman–Crippen LogP) is 2.31. The van der Waals surface area contributed by atoms with Gasteiger partial charge in [-0.2, -0.15) is 11.8 Å². The highest BCUT2D eigenvalue weighted by atomic mass is 32.2. The number of Topliss-reactive ketones (excluding diaryl/α,β-unsaturated/α-hetero) is 1. The van der Waals surface area contributed by atoms with Gasteiger partial charge >= 0.3 is 0 Å². The zero-order valence-electron chi connectivity index (χ0n) is 8.75. The largest absolute Gasteiger partial charge is 0.494 e. The molecule has 0 N–H and O–H groups in total. The summed E-state index contributed by atoms with van der Waals surface area (Å²) in [5, 5.41) is 0. The van der Waals surface area contributed by atoms with Crippen molar-refractivity contribution in [2.75, 3.05) is 19.1 Å². The van der Waals surface area contributed by atoms with E-state index in [1.807, 2.05) is 6.26 Å². The van der Waals surface area contributed by atoms with Gasteiger partial charge in [-0.15, -0.1) is 0 Å². The van der Waals surface area contributed by atoms with Gasteiger partial charge in [-0.05, 0) is 17.9 Å². The van der Waals surface area contributed by atoms with Crippen LogP contribution in [0.15, 0.2) is 18.2 Å². The Labute approximate surface area is 92.8 Å². The van der Waals surface area contributed by atoms with E-state index in [0.29, 0.717) is 11.3 Å². The Hall–Kier alpha value is -1.03. The molecule has 15 heavy (non-hydrogen) atoms. The molecular formula is C11H13FO2S. The first-order valence-electron chi connectivity index (χ1n) is 4.51. The summed E-state index contributed by atoms with van der Waals surface area (Å²) in [6.45, 7) is 0. The van der Waals surface area contributed by atoms with Crippen molar-refractivity contribution in [1.82, 2.24) is 0 Å². The van der Waals surface area contributed by atoms with Crippen molar-refractivity contribution in [2.24, 2.45) is 0 Å². The number of methoxy groups -OCH3 is 1. The molecule has 0 bridgehead atoms. The lowest BCUT2D eigenvalue weighted by molar-refractivity contribution is -0.116. The Morgan fingerprint density at radius 3 is 2.87 bits per heavy atom. The van der Waals surface area contributed by atoms with E-state index in [9.17, 15) is 9.18 Å². The van der Waals surface area contributed by atoms with Crippen LogP contribution in [0.3, 0.4) is 0 Å². The third kappa shape index (κ3) is 3.23. The molecule has 1 rings (SSSR count). The van der Waals surface area contributed by atoms with E-state index in [-0.39, 0.29) is 18.0 Å². The highest BCUT2D eigenvalue weighted by Gasteiger charge is 2.11. The van der Waals surface area contributed by atoms with Gasteiger partial charge in [0.1, 0.15) is 5.78 Å². The number of ether oxygens (including phenoxy) is 1. The van der Waals surface area contributed by atoms with Gasteiger partial charge in [-0.1, -0.05) is 12.1 Å². The maximum Gasteiger partial charge on any atom is 0.168 e. The van der Waals surface area contributed by atoms with E-state index >= 15 is 0 Å². The molecule has 0 fully saturated rings. The van der Waals surface area contributed by atoms with E-state index < -0.39 is 5.82 Å². The van der Waals surface area contributed by atoms with Crippen LogP contribution in [0.5, 0.6) is 5.75 Å². The van der Waals surface area contributed by atoms with Gasteiger partial charge in [-0.3, -0.25) is 4.79 Å². The summed E-state index contributed by atoms with van der Waals surface area (Å²) >= 11 is 1.44. The fraction of sp³-hybridized carbons (Fsp3) is 0.364. The van der Waals surface area contributed by atoms with Gasteiger partial charge in [0.05, 0.1) is 12.9 Å². The zero-order valence-corrected chi connectivity index (χ0v) is 9.57. The first-order valence-corrected chi connectivity index (χ1v) is 5.90. The van der Waals surface area contributed by atoms with Gasteiger partial charge in [0.15, 0.2) is 11.6 Å². The average molecular weight is 228 g/mol. The van der Waals surface area contributed by atoms with E-state index in [1.165, 1.54) is 24.9 Å². The maximum atomic E-state index is 13.6. The first kappa shape index (κ1) is 12.0. The molecular weight excluding hydrogens is 215 g/mol. The second-order valence-electron chi connectivity index (χ2n) is 3.08. The summed E-state index contributed by atoms with van der Waals surface area (Å²) in [5.41, 5.74) is 0.397. The van der Waals surface area contributed by atoms with Crippen molar-refractivity contribution >= 4 is 17.5 Å². The molecule has 0 saturated carbocycles. The van der Waals surface area contributed by atoms with Gasteiger partial charge in [-0.25, -0.2) is 4.39 Å². The smallest absolute Gasteiger partial charge is 0.168 e. The lowest BCUT2D eigenvalue weighted by atomic mass is 10.1. The monoisotopic (exact) mass is 228 g/mol. The van der Waals surface area contributed by atoms with Crippen LogP contribution in [0.2, 0.25) is 0 Å². The van der Waals surface area contributed by atoms with Crippen LogP contribution >= 0.6 is 11.8 Å². The molecule has 1 aromatic rings. The molecule has 4 heteroatoms. The second kappa shape index (κ2) is 5.75. The third-order valence-electron chi connectivity index (χ3n) is 1.96. The Balaban J connectivity index is 2.81. The molecule has 1 aromatic carbocycles. The van der Waals surface area contributed by atoms with Crippen LogP contribution in [0.25, 0.3) is 0 Å². The molecule has 0 atom stereocenters. The molecule has 0 amide bonds. The second-order valence-corrected chi connectivity index (χ2v) is 3.95. The van der Waals surface area contributed by atoms with Crippen molar-refractivity contribution in [2.45, 2.75) is 6.42 Å². The van der Waals surface area contributed by atoms with Gasteiger partial charge in [0.25, 0.3) is 0 Å². The number of ketones is 1. The molecule has 82 valence electrons. The molecule has 0 unspecified atom stereocenters. The molecule has 2 nitrogen and oxygen atoms in total. The van der Waals surface area contributed by atoms with Gasteiger partial charge in [0, 0.05) is 6.42 Å². The number of halogens is 1. The molecule has 0 aliphatic heterocycles. The van der Waals surface area contributed by atoms with Crippen molar-refractivity contribution in [1.29, 1.82) is 0 Å². The molecule has 0 radical (unpaired) electrons. The lowest BCUT2D eigenvalue weighted by Crippen LogP contribution is -2.07. The molecule has 0 saturated heterocycles. The van der Waals surface area contributed by atoms with Gasteiger partial charge in [0.2, 0.25) is 0 Å². The number of carbonyl (C=O) groups excluding carboxylic acids is 1. The molecule has 0 aliphatic carbocycles. The minimum atomic E-state index is -0.436. The van der Waals surface area contributed by atoms with Crippen LogP contribution in [0, 0.1) is 5.82 Å². The number of carbonyl (C=O) groups is 1. The molecule has 0 aliphatic rings. The average Bonchev–Trinajstić information content (AvgIpc) is 2.21. The number of thioether (sulfide) groups is 1.